The van der Waals surface area contributed by atoms with E-state index in [2.05, 4.69) is 0 Å². The van der Waals surface area contributed by atoms with Crippen LogP contribution in [0.15, 0.2) is 23.4 Å². The summed E-state index contributed by atoms with van der Waals surface area (Å²) in [6, 6.07) is 0. The fraction of sp³-hybridized carbons (Fsp3) is 0.500. The highest BCUT2D eigenvalue weighted by atomic mass is 16.3. The Morgan fingerprint density at radius 1 is 1.40 bits per heavy atom. The van der Waals surface area contributed by atoms with Crippen LogP contribution in [0.4, 0.5) is 0 Å². The molecule has 0 bridgehead atoms. The van der Waals surface area contributed by atoms with Crippen LogP contribution in [0, 0.1) is 0 Å². The Morgan fingerprint density at radius 2 is 1.90 bits per heavy atom. The van der Waals surface area contributed by atoms with Gasteiger partial charge < -0.3 is 10.8 Å². The molecule has 0 aliphatic rings. The van der Waals surface area contributed by atoms with Crippen molar-refractivity contribution in [3.05, 3.63) is 23.4 Å². The fourth-order valence-electron chi connectivity index (χ4n) is 0.816. The summed E-state index contributed by atoms with van der Waals surface area (Å²) in [5.41, 5.74) is 7.01. The van der Waals surface area contributed by atoms with Crippen LogP contribution in [0.25, 0.3) is 0 Å². The van der Waals surface area contributed by atoms with E-state index in [-0.39, 0.29) is 0 Å². The van der Waals surface area contributed by atoms with Crippen molar-refractivity contribution in [2.75, 3.05) is 0 Å². The molecule has 0 radical (unpaired) electrons. The van der Waals surface area contributed by atoms with Crippen LogP contribution < -0.4 is 5.73 Å². The SMILES string of the molecule is C/C=C(N)\C(=C/C)C(C)O. The third kappa shape index (κ3) is 2.23. The van der Waals surface area contributed by atoms with Crippen molar-refractivity contribution in [1.29, 1.82) is 0 Å². The molecule has 0 aliphatic heterocycles. The first-order valence-electron chi connectivity index (χ1n) is 3.39. The van der Waals surface area contributed by atoms with Crippen LogP contribution in [0.5, 0.6) is 0 Å². The number of nitrogens with two attached hydrogens (primary N) is 1. The molecule has 0 aromatic heterocycles. The van der Waals surface area contributed by atoms with E-state index in [0.29, 0.717) is 5.70 Å². The van der Waals surface area contributed by atoms with Gasteiger partial charge in [-0.15, -0.1) is 0 Å². The Kier molecular flexibility index (Phi) is 3.81. The molecule has 0 heterocycles. The number of aliphatic hydroxyl groups excluding tert-OH is 1. The van der Waals surface area contributed by atoms with Gasteiger partial charge in [-0.05, 0) is 26.3 Å². The standard InChI is InChI=1S/C8H15NO/c1-4-7(6(3)10)8(9)5-2/h4-6,10H,9H2,1-3H3/b7-4-,8-5+. The van der Waals surface area contributed by atoms with Gasteiger partial charge >= 0.3 is 0 Å². The number of allylic oxidation sites excluding steroid dienone is 2. The van der Waals surface area contributed by atoms with Crippen LogP contribution in [0.2, 0.25) is 0 Å². The Hall–Kier alpha value is -0.760. The van der Waals surface area contributed by atoms with Gasteiger partial charge in [-0.1, -0.05) is 12.2 Å². The molecule has 1 atom stereocenters. The maximum atomic E-state index is 9.12. The number of aliphatic hydroxyl groups is 1. The molecule has 0 fully saturated rings. The van der Waals surface area contributed by atoms with Crippen molar-refractivity contribution in [1.82, 2.24) is 0 Å². The summed E-state index contributed by atoms with van der Waals surface area (Å²) in [7, 11) is 0. The fourth-order valence-corrected chi connectivity index (χ4v) is 0.816. The zero-order chi connectivity index (χ0) is 8.15. The molecule has 1 unspecified atom stereocenters. The minimum atomic E-state index is -0.471. The lowest BCUT2D eigenvalue weighted by Crippen LogP contribution is -2.12. The van der Waals surface area contributed by atoms with Crippen molar-refractivity contribution in [3.63, 3.8) is 0 Å². The first-order valence-corrected chi connectivity index (χ1v) is 3.39. The van der Waals surface area contributed by atoms with Crippen LogP contribution in [-0.2, 0) is 0 Å². The zero-order valence-corrected chi connectivity index (χ0v) is 6.76. The molecule has 2 heteroatoms. The molecule has 0 amide bonds. The number of hydrogen-bond donors (Lipinski definition) is 2. The highest BCUT2D eigenvalue weighted by Gasteiger charge is 2.04. The minimum absolute atomic E-state index is 0.471. The number of hydrogen-bond acceptors (Lipinski definition) is 2. The average Bonchev–Trinajstić information content (AvgIpc) is 1.88. The first kappa shape index (κ1) is 9.24. The van der Waals surface area contributed by atoms with Gasteiger partial charge in [-0.3, -0.25) is 0 Å². The van der Waals surface area contributed by atoms with E-state index in [9.17, 15) is 0 Å². The summed E-state index contributed by atoms with van der Waals surface area (Å²) in [6.45, 7) is 5.41. The van der Waals surface area contributed by atoms with E-state index in [4.69, 9.17) is 10.8 Å². The van der Waals surface area contributed by atoms with Crippen molar-refractivity contribution >= 4 is 0 Å². The zero-order valence-electron chi connectivity index (χ0n) is 6.76. The molecule has 2 nitrogen and oxygen atoms in total. The Balaban J connectivity index is 4.39. The molecule has 3 N–H and O–H groups in total. The van der Waals surface area contributed by atoms with Crippen molar-refractivity contribution in [3.8, 4) is 0 Å². The van der Waals surface area contributed by atoms with Gasteiger partial charge in [0.05, 0.1) is 6.10 Å². The molecule has 0 saturated carbocycles. The molecule has 0 aliphatic carbocycles. The average molecular weight is 141 g/mol. The highest BCUT2D eigenvalue weighted by Crippen LogP contribution is 2.08. The van der Waals surface area contributed by atoms with E-state index >= 15 is 0 Å². The molecule has 10 heavy (non-hydrogen) atoms. The summed E-state index contributed by atoms with van der Waals surface area (Å²) in [6.07, 6.45) is 3.13. The molecule has 0 spiro atoms. The lowest BCUT2D eigenvalue weighted by molar-refractivity contribution is 0.233. The van der Waals surface area contributed by atoms with Crippen LogP contribution in [0.1, 0.15) is 20.8 Å². The highest BCUT2D eigenvalue weighted by molar-refractivity contribution is 5.29. The number of rotatable bonds is 2. The summed E-state index contributed by atoms with van der Waals surface area (Å²) in [4.78, 5) is 0. The quantitative estimate of drug-likeness (QED) is 0.567. The van der Waals surface area contributed by atoms with Gasteiger partial charge in [0.1, 0.15) is 0 Å². The Labute approximate surface area is 62.0 Å². The van der Waals surface area contributed by atoms with Crippen molar-refractivity contribution < 1.29 is 5.11 Å². The summed E-state index contributed by atoms with van der Waals surface area (Å²) < 4.78 is 0. The molecule has 0 saturated heterocycles. The van der Waals surface area contributed by atoms with Gasteiger partial charge in [0.2, 0.25) is 0 Å². The smallest absolute Gasteiger partial charge is 0.0778 e. The van der Waals surface area contributed by atoms with E-state index in [1.807, 2.05) is 19.9 Å². The predicted molar refractivity (Wildman–Crippen MR) is 43.4 cm³/mol. The van der Waals surface area contributed by atoms with Gasteiger partial charge in [0.25, 0.3) is 0 Å². The third-order valence-electron chi connectivity index (χ3n) is 1.41. The van der Waals surface area contributed by atoms with E-state index in [1.165, 1.54) is 0 Å². The molecular formula is C8H15NO. The van der Waals surface area contributed by atoms with Crippen LogP contribution in [-0.4, -0.2) is 11.2 Å². The molecule has 0 aromatic rings. The predicted octanol–water partition coefficient (Wildman–Crippen LogP) is 1.18. The van der Waals surface area contributed by atoms with E-state index < -0.39 is 6.10 Å². The monoisotopic (exact) mass is 141 g/mol. The molecule has 58 valence electrons. The van der Waals surface area contributed by atoms with E-state index in [1.54, 1.807) is 13.0 Å². The molecule has 0 aromatic carbocycles. The van der Waals surface area contributed by atoms with Crippen LogP contribution in [0.3, 0.4) is 0 Å². The van der Waals surface area contributed by atoms with Crippen molar-refractivity contribution in [2.45, 2.75) is 26.9 Å². The van der Waals surface area contributed by atoms with Gasteiger partial charge in [-0.25, -0.2) is 0 Å². The van der Waals surface area contributed by atoms with Gasteiger partial charge in [0, 0.05) is 5.70 Å². The summed E-state index contributed by atoms with van der Waals surface area (Å²) in [5, 5.41) is 9.12. The van der Waals surface area contributed by atoms with Gasteiger partial charge in [0.15, 0.2) is 0 Å². The Bertz CT molecular complexity index is 157. The van der Waals surface area contributed by atoms with Crippen molar-refractivity contribution in [2.24, 2.45) is 5.73 Å². The van der Waals surface area contributed by atoms with Gasteiger partial charge in [-0.2, -0.15) is 0 Å². The lowest BCUT2D eigenvalue weighted by atomic mass is 10.1. The second-order valence-electron chi connectivity index (χ2n) is 2.16. The third-order valence-corrected chi connectivity index (χ3v) is 1.41. The minimum Gasteiger partial charge on any atom is -0.399 e. The maximum Gasteiger partial charge on any atom is 0.0778 e. The summed E-state index contributed by atoms with van der Waals surface area (Å²) >= 11 is 0. The molecular weight excluding hydrogens is 126 g/mol. The topological polar surface area (TPSA) is 46.2 Å². The lowest BCUT2D eigenvalue weighted by Gasteiger charge is -2.08. The second-order valence-corrected chi connectivity index (χ2v) is 2.16. The normalized spacial score (nSPS) is 17.2. The Morgan fingerprint density at radius 3 is 2.00 bits per heavy atom. The van der Waals surface area contributed by atoms with Crippen LogP contribution >= 0.6 is 0 Å². The maximum absolute atomic E-state index is 9.12. The largest absolute Gasteiger partial charge is 0.399 e. The summed E-state index contributed by atoms with van der Waals surface area (Å²) in [5.74, 6) is 0. The second kappa shape index (κ2) is 4.12. The first-order chi connectivity index (χ1) is 4.63. The molecule has 0 rings (SSSR count). The van der Waals surface area contributed by atoms with E-state index in [0.717, 1.165) is 5.57 Å².